The van der Waals surface area contributed by atoms with Gasteiger partial charge in [-0.05, 0) is 86.2 Å². The van der Waals surface area contributed by atoms with Gasteiger partial charge in [-0.1, -0.05) is 24.3 Å². The lowest BCUT2D eigenvalue weighted by atomic mass is 9.49. The maximum atomic E-state index is 13.3. The summed E-state index contributed by atoms with van der Waals surface area (Å²) in [6.07, 6.45) is 8.33. The zero-order valence-electron chi connectivity index (χ0n) is 17.3. The molecule has 0 saturated heterocycles. The second-order valence-corrected chi connectivity index (χ2v) is 12.3. The predicted octanol–water partition coefficient (Wildman–Crippen LogP) is 3.10. The van der Waals surface area contributed by atoms with Crippen molar-refractivity contribution in [2.75, 3.05) is 12.3 Å². The van der Waals surface area contributed by atoms with E-state index in [1.54, 1.807) is 6.92 Å². The van der Waals surface area contributed by atoms with Gasteiger partial charge >= 0.3 is 0 Å². The number of sulfonamides is 1. The highest BCUT2D eigenvalue weighted by Gasteiger charge is 2.51. The molecule has 5 nitrogen and oxygen atoms in total. The van der Waals surface area contributed by atoms with Crippen LogP contribution in [0.15, 0.2) is 24.3 Å². The highest BCUT2D eigenvalue weighted by molar-refractivity contribution is 7.89. The second kappa shape index (κ2) is 7.09. The molecule has 1 N–H and O–H groups in total. The Bertz CT molecular complexity index is 875. The van der Waals surface area contributed by atoms with Gasteiger partial charge in [-0.25, -0.2) is 8.42 Å². The summed E-state index contributed by atoms with van der Waals surface area (Å²) in [4.78, 5) is 13.3. The standard InChI is InChI=1S/C23H32N2O3S/c1-2-29(27,28)25-14-20-6-4-3-5-19(20)10-21(25)22(26)24-15-23-11-16-7-17(12-23)9-18(8-16)13-23/h3-6,16-18,21H,2,7-15H2,1H3,(H,24,26)/t16?,17?,18?,21-,23?/m1/s1. The lowest BCUT2D eigenvalue weighted by Crippen LogP contribution is -2.56. The van der Waals surface area contributed by atoms with Gasteiger partial charge in [-0.3, -0.25) is 4.79 Å². The third-order valence-corrected chi connectivity index (χ3v) is 9.86. The fraction of sp³-hybridized carbons (Fsp3) is 0.696. The van der Waals surface area contributed by atoms with Crippen LogP contribution in [-0.4, -0.2) is 37.0 Å². The number of carbonyl (C=O) groups is 1. The summed E-state index contributed by atoms with van der Waals surface area (Å²) in [5.41, 5.74) is 2.35. The number of carbonyl (C=O) groups excluding carboxylic acids is 1. The van der Waals surface area contributed by atoms with Gasteiger partial charge in [0.15, 0.2) is 0 Å². The van der Waals surface area contributed by atoms with E-state index in [0.29, 0.717) is 19.5 Å². The van der Waals surface area contributed by atoms with Crippen LogP contribution < -0.4 is 5.32 Å². The Morgan fingerprint density at radius 1 is 1.07 bits per heavy atom. The average molecular weight is 417 g/mol. The highest BCUT2D eigenvalue weighted by Crippen LogP contribution is 2.59. The number of fused-ring (bicyclic) bond motifs is 1. The van der Waals surface area contributed by atoms with Crippen molar-refractivity contribution >= 4 is 15.9 Å². The molecule has 29 heavy (non-hydrogen) atoms. The quantitative estimate of drug-likeness (QED) is 0.802. The number of hydrogen-bond acceptors (Lipinski definition) is 3. The van der Waals surface area contributed by atoms with Gasteiger partial charge in [0.05, 0.1) is 5.75 Å². The molecule has 0 aromatic heterocycles. The van der Waals surface area contributed by atoms with Crippen LogP contribution in [0.1, 0.15) is 56.6 Å². The van der Waals surface area contributed by atoms with E-state index in [9.17, 15) is 13.2 Å². The zero-order chi connectivity index (χ0) is 20.2. The van der Waals surface area contributed by atoms with Crippen LogP contribution in [0.3, 0.4) is 0 Å². The first-order valence-corrected chi connectivity index (χ1v) is 12.8. The van der Waals surface area contributed by atoms with Gasteiger partial charge in [0.25, 0.3) is 0 Å². The molecule has 4 fully saturated rings. The van der Waals surface area contributed by atoms with Crippen molar-refractivity contribution in [3.05, 3.63) is 35.4 Å². The Kier molecular flexibility index (Phi) is 4.78. The van der Waals surface area contributed by atoms with Crippen LogP contribution in [0.2, 0.25) is 0 Å². The largest absolute Gasteiger partial charge is 0.354 e. The lowest BCUT2D eigenvalue weighted by molar-refractivity contribution is -0.127. The monoisotopic (exact) mass is 416 g/mol. The van der Waals surface area contributed by atoms with Crippen molar-refractivity contribution in [3.8, 4) is 0 Å². The van der Waals surface area contributed by atoms with Crippen LogP contribution in [0.4, 0.5) is 0 Å². The van der Waals surface area contributed by atoms with Gasteiger partial charge in [-0.15, -0.1) is 0 Å². The summed E-state index contributed by atoms with van der Waals surface area (Å²) in [6.45, 7) is 2.66. The maximum Gasteiger partial charge on any atom is 0.238 e. The summed E-state index contributed by atoms with van der Waals surface area (Å²) in [7, 11) is -3.45. The third-order valence-electron chi connectivity index (χ3n) is 8.03. The molecule has 0 spiro atoms. The Morgan fingerprint density at radius 2 is 1.66 bits per heavy atom. The van der Waals surface area contributed by atoms with E-state index >= 15 is 0 Å². The first-order chi connectivity index (χ1) is 13.9. The predicted molar refractivity (Wildman–Crippen MR) is 113 cm³/mol. The number of nitrogens with one attached hydrogen (secondary N) is 1. The van der Waals surface area contributed by atoms with Crippen LogP contribution in [-0.2, 0) is 27.8 Å². The zero-order valence-corrected chi connectivity index (χ0v) is 18.1. The molecule has 1 amide bonds. The molecule has 6 rings (SSSR count). The minimum absolute atomic E-state index is 0.0218. The molecular weight excluding hydrogens is 384 g/mol. The molecule has 1 aliphatic heterocycles. The van der Waals surface area contributed by atoms with Crippen LogP contribution in [0, 0.1) is 23.2 Å². The van der Waals surface area contributed by atoms with Crippen LogP contribution in [0.25, 0.3) is 0 Å². The Labute approximate surface area is 174 Å². The third kappa shape index (κ3) is 3.52. The number of nitrogens with zero attached hydrogens (tertiary/aromatic N) is 1. The second-order valence-electron chi connectivity index (χ2n) is 10.1. The number of amides is 1. The average Bonchev–Trinajstić information content (AvgIpc) is 2.70. The Morgan fingerprint density at radius 3 is 2.24 bits per heavy atom. The van der Waals surface area contributed by atoms with E-state index in [4.69, 9.17) is 0 Å². The first-order valence-electron chi connectivity index (χ1n) is 11.2. The van der Waals surface area contributed by atoms with Crippen molar-refractivity contribution in [1.29, 1.82) is 0 Å². The van der Waals surface area contributed by atoms with Gasteiger partial charge in [0, 0.05) is 13.1 Å². The molecule has 5 aliphatic rings. The van der Waals surface area contributed by atoms with Gasteiger partial charge in [0.1, 0.15) is 6.04 Å². The fourth-order valence-electron chi connectivity index (χ4n) is 7.08. The van der Waals surface area contributed by atoms with E-state index in [1.807, 2.05) is 24.3 Å². The summed E-state index contributed by atoms with van der Waals surface area (Å²) < 4.78 is 26.9. The highest BCUT2D eigenvalue weighted by atomic mass is 32.2. The smallest absolute Gasteiger partial charge is 0.238 e. The molecule has 1 heterocycles. The lowest BCUT2D eigenvalue weighted by Gasteiger charge is -2.57. The SMILES string of the molecule is CCS(=O)(=O)N1Cc2ccccc2C[C@@H]1C(=O)NCC12CC3CC(CC(C3)C1)C2. The summed E-state index contributed by atoms with van der Waals surface area (Å²) in [6, 6.07) is 7.25. The van der Waals surface area contributed by atoms with E-state index < -0.39 is 16.1 Å². The number of hydrogen-bond donors (Lipinski definition) is 1. The van der Waals surface area contributed by atoms with Crippen molar-refractivity contribution in [3.63, 3.8) is 0 Å². The molecule has 1 aromatic carbocycles. The van der Waals surface area contributed by atoms with Crippen LogP contribution in [0.5, 0.6) is 0 Å². The molecule has 6 heteroatoms. The molecule has 0 radical (unpaired) electrons. The van der Waals surface area contributed by atoms with Crippen molar-refractivity contribution in [1.82, 2.24) is 9.62 Å². The van der Waals surface area contributed by atoms with Crippen molar-refractivity contribution in [2.45, 2.75) is 64.5 Å². The Hall–Kier alpha value is -1.40. The summed E-state index contributed by atoms with van der Waals surface area (Å²) in [5, 5.41) is 3.22. The van der Waals surface area contributed by atoms with Gasteiger partial charge in [0.2, 0.25) is 15.9 Å². The topological polar surface area (TPSA) is 66.5 Å². The van der Waals surface area contributed by atoms with E-state index in [0.717, 1.165) is 28.9 Å². The van der Waals surface area contributed by atoms with Gasteiger partial charge in [-0.2, -0.15) is 4.31 Å². The molecule has 158 valence electrons. The molecular formula is C23H32N2O3S. The minimum Gasteiger partial charge on any atom is -0.354 e. The van der Waals surface area contributed by atoms with E-state index in [-0.39, 0.29) is 17.1 Å². The normalized spacial score (nSPS) is 36.0. The van der Waals surface area contributed by atoms with Crippen molar-refractivity contribution in [2.24, 2.45) is 23.2 Å². The molecule has 1 aromatic rings. The Balaban J connectivity index is 1.34. The molecule has 0 unspecified atom stereocenters. The molecule has 1 atom stereocenters. The summed E-state index contributed by atoms with van der Waals surface area (Å²) >= 11 is 0. The van der Waals surface area contributed by atoms with Crippen molar-refractivity contribution < 1.29 is 13.2 Å². The minimum atomic E-state index is -3.45. The number of benzene rings is 1. The first kappa shape index (κ1) is 19.6. The van der Waals surface area contributed by atoms with Crippen LogP contribution >= 0.6 is 0 Å². The molecule has 4 aliphatic carbocycles. The maximum absolute atomic E-state index is 13.3. The van der Waals surface area contributed by atoms with E-state index in [2.05, 4.69) is 5.32 Å². The summed E-state index contributed by atoms with van der Waals surface area (Å²) in [5.74, 6) is 2.44. The number of rotatable bonds is 5. The molecule has 4 bridgehead atoms. The fourth-order valence-corrected chi connectivity index (χ4v) is 8.30. The molecule has 4 saturated carbocycles. The van der Waals surface area contributed by atoms with E-state index in [1.165, 1.54) is 42.8 Å². The van der Waals surface area contributed by atoms with Gasteiger partial charge < -0.3 is 5.32 Å².